The van der Waals surface area contributed by atoms with E-state index in [1.165, 1.54) is 6.92 Å². The minimum atomic E-state index is -8.00. The molecule has 17 heteroatoms. The molecule has 0 saturated heterocycles. The van der Waals surface area contributed by atoms with Crippen LogP contribution in [0.3, 0.4) is 0 Å². The van der Waals surface area contributed by atoms with Crippen LogP contribution in [0.15, 0.2) is 6.20 Å². The maximum absolute atomic E-state index is 14.3. The molecule has 180 valence electrons. The fourth-order valence-electron chi connectivity index (χ4n) is 1.95. The average molecular weight is 486 g/mol. The topological polar surface area (TPSA) is 44.2 Å². The Morgan fingerprint density at radius 3 is 1.55 bits per heavy atom. The van der Waals surface area contributed by atoms with E-state index in [0.29, 0.717) is 0 Å². The summed E-state index contributed by atoms with van der Waals surface area (Å²) >= 11 is 0. The lowest BCUT2D eigenvalue weighted by Gasteiger charge is -2.39. The average Bonchev–Trinajstić information content (AvgIpc) is 2.60. The summed E-state index contributed by atoms with van der Waals surface area (Å²) in [6.07, 6.45) is -7.79. The fraction of sp³-hybridized carbons (Fsp3) is 0.714. The molecule has 0 radical (unpaired) electrons. The smallest absolute Gasteiger partial charge is 0.460 e. The molecule has 0 saturated carbocycles. The summed E-state index contributed by atoms with van der Waals surface area (Å²) in [5, 5.41) is 0. The molecule has 0 aromatic carbocycles. The molecule has 1 heterocycles. The van der Waals surface area contributed by atoms with Gasteiger partial charge in [0.05, 0.1) is 13.2 Å². The first kappa shape index (κ1) is 26.8. The Morgan fingerprint density at radius 1 is 0.677 bits per heavy atom. The fourth-order valence-corrected chi connectivity index (χ4v) is 1.95. The van der Waals surface area contributed by atoms with Crippen molar-refractivity contribution in [3.05, 3.63) is 11.8 Å². The number of hydrogen-bond donors (Lipinski definition) is 0. The predicted molar refractivity (Wildman–Crippen MR) is 74.1 cm³/mol. The van der Waals surface area contributed by atoms with Gasteiger partial charge in [-0.15, -0.1) is 0 Å². The van der Waals surface area contributed by atoms with Gasteiger partial charge in [0.25, 0.3) is 0 Å². The van der Waals surface area contributed by atoms with Crippen LogP contribution < -0.4 is 9.47 Å². The number of aromatic nitrogens is 2. The minimum absolute atomic E-state index is 0.214. The normalized spacial score (nSPS) is 14.5. The quantitative estimate of drug-likeness (QED) is 0.435. The number of alkyl halides is 13. The maximum atomic E-state index is 14.3. The highest BCUT2D eigenvalue weighted by Gasteiger charge is 2.91. The molecule has 1 rings (SSSR count). The molecule has 1 aromatic heterocycles. The van der Waals surface area contributed by atoms with Crippen LogP contribution in [0.4, 0.5) is 57.1 Å². The summed E-state index contributed by atoms with van der Waals surface area (Å²) in [6.45, 7) is 1.54. The third-order valence-corrected chi connectivity index (χ3v) is 3.56. The Labute approximate surface area is 164 Å². The van der Waals surface area contributed by atoms with E-state index in [9.17, 15) is 57.1 Å². The van der Waals surface area contributed by atoms with Crippen LogP contribution >= 0.6 is 0 Å². The van der Waals surface area contributed by atoms with Gasteiger partial charge in [-0.25, -0.2) is 4.98 Å². The SMILES string of the molecule is CCOc1ncc(C(F)(F)C(F)(F)C(F)(F)C(F)(F)C(F)(F)C(F)(F)F)c(OCC)n1. The van der Waals surface area contributed by atoms with Crippen molar-refractivity contribution in [1.82, 2.24) is 9.97 Å². The van der Waals surface area contributed by atoms with Gasteiger partial charge >= 0.3 is 41.8 Å². The van der Waals surface area contributed by atoms with E-state index < -0.39 is 59.8 Å². The van der Waals surface area contributed by atoms with Gasteiger partial charge in [0, 0.05) is 6.20 Å². The zero-order valence-corrected chi connectivity index (χ0v) is 15.1. The summed E-state index contributed by atoms with van der Waals surface area (Å²) in [4.78, 5) is 5.97. The molecule has 0 amide bonds. The van der Waals surface area contributed by atoms with E-state index >= 15 is 0 Å². The zero-order chi connectivity index (χ0) is 24.7. The lowest BCUT2D eigenvalue weighted by Crippen LogP contribution is -2.69. The monoisotopic (exact) mass is 486 g/mol. The molecule has 0 unspecified atom stereocenters. The highest BCUT2D eigenvalue weighted by molar-refractivity contribution is 5.33. The van der Waals surface area contributed by atoms with Crippen LogP contribution in [-0.4, -0.2) is 53.0 Å². The van der Waals surface area contributed by atoms with Gasteiger partial charge in [-0.3, -0.25) is 0 Å². The Bertz CT molecular complexity index is 780. The van der Waals surface area contributed by atoms with E-state index in [1.54, 1.807) is 0 Å². The second-order valence-corrected chi connectivity index (χ2v) is 5.61. The molecule has 0 N–H and O–H groups in total. The second-order valence-electron chi connectivity index (χ2n) is 5.61. The number of ether oxygens (including phenoxy) is 2. The standard InChI is InChI=1S/C14H11F13N2O2/c1-3-30-7-6(5-28-8(29-7)31-4-2)9(15,16)10(17,18)11(19,20)12(21,22)13(23,24)14(25,26)27/h5H,3-4H2,1-2H3. The van der Waals surface area contributed by atoms with Crippen LogP contribution in [0.2, 0.25) is 0 Å². The molecule has 0 aliphatic heterocycles. The van der Waals surface area contributed by atoms with Crippen LogP contribution in [0.1, 0.15) is 19.4 Å². The van der Waals surface area contributed by atoms with Gasteiger partial charge in [0.2, 0.25) is 5.88 Å². The van der Waals surface area contributed by atoms with E-state index in [-0.39, 0.29) is 12.8 Å². The first-order chi connectivity index (χ1) is 13.7. The van der Waals surface area contributed by atoms with Gasteiger partial charge in [0.1, 0.15) is 5.56 Å². The van der Waals surface area contributed by atoms with E-state index in [1.807, 2.05) is 0 Å². The third kappa shape index (κ3) is 4.02. The minimum Gasteiger partial charge on any atom is -0.477 e. The molecular formula is C14H11F13N2O2. The highest BCUT2D eigenvalue weighted by Crippen LogP contribution is 2.62. The summed E-state index contributed by atoms with van der Waals surface area (Å²) in [5.74, 6) is -39.3. The maximum Gasteiger partial charge on any atom is 0.460 e. The van der Waals surface area contributed by atoms with Gasteiger partial charge in [-0.05, 0) is 13.8 Å². The molecule has 1 aromatic rings. The predicted octanol–water partition coefficient (Wildman–Crippen LogP) is 5.47. The molecule has 0 atom stereocenters. The molecule has 0 spiro atoms. The lowest BCUT2D eigenvalue weighted by atomic mass is 9.91. The molecule has 0 aliphatic carbocycles. The van der Waals surface area contributed by atoms with Gasteiger partial charge < -0.3 is 9.47 Å². The summed E-state index contributed by atoms with van der Waals surface area (Å²) < 4.78 is 181. The van der Waals surface area contributed by atoms with Gasteiger partial charge in [-0.1, -0.05) is 0 Å². The Morgan fingerprint density at radius 2 is 1.13 bits per heavy atom. The Balaban J connectivity index is 3.67. The number of rotatable bonds is 9. The first-order valence-corrected chi connectivity index (χ1v) is 7.82. The number of nitrogens with zero attached hydrogens (tertiary/aromatic N) is 2. The molecule has 31 heavy (non-hydrogen) atoms. The summed E-state index contributed by atoms with van der Waals surface area (Å²) in [5.41, 5.74) is -2.39. The molecular weight excluding hydrogens is 475 g/mol. The van der Waals surface area contributed by atoms with Crippen molar-refractivity contribution in [3.63, 3.8) is 0 Å². The largest absolute Gasteiger partial charge is 0.477 e. The van der Waals surface area contributed by atoms with E-state index in [4.69, 9.17) is 0 Å². The van der Waals surface area contributed by atoms with Crippen molar-refractivity contribution in [3.8, 4) is 11.9 Å². The van der Waals surface area contributed by atoms with Crippen molar-refractivity contribution >= 4 is 0 Å². The van der Waals surface area contributed by atoms with Crippen LogP contribution in [0.25, 0.3) is 0 Å². The second kappa shape index (κ2) is 8.03. The third-order valence-electron chi connectivity index (χ3n) is 3.56. The van der Waals surface area contributed by atoms with Gasteiger partial charge in [0.15, 0.2) is 0 Å². The van der Waals surface area contributed by atoms with Crippen molar-refractivity contribution < 1.29 is 66.5 Å². The molecule has 0 bridgehead atoms. The number of halogens is 13. The summed E-state index contributed by atoms with van der Waals surface area (Å²) in [6, 6.07) is -0.811. The molecule has 4 nitrogen and oxygen atoms in total. The van der Waals surface area contributed by atoms with Crippen LogP contribution in [-0.2, 0) is 5.92 Å². The van der Waals surface area contributed by atoms with Crippen LogP contribution in [0, 0.1) is 0 Å². The zero-order valence-electron chi connectivity index (χ0n) is 15.1. The van der Waals surface area contributed by atoms with Crippen molar-refractivity contribution in [2.24, 2.45) is 0 Å². The van der Waals surface area contributed by atoms with E-state index in [0.717, 1.165) is 6.92 Å². The Kier molecular flexibility index (Phi) is 6.95. The van der Waals surface area contributed by atoms with E-state index in [2.05, 4.69) is 19.4 Å². The highest BCUT2D eigenvalue weighted by atomic mass is 19.4. The number of hydrogen-bond acceptors (Lipinski definition) is 4. The lowest BCUT2D eigenvalue weighted by molar-refractivity contribution is -0.441. The van der Waals surface area contributed by atoms with Gasteiger partial charge in [-0.2, -0.15) is 62.1 Å². The van der Waals surface area contributed by atoms with Crippen molar-refractivity contribution in [2.75, 3.05) is 13.2 Å². The molecule has 0 aliphatic rings. The van der Waals surface area contributed by atoms with Crippen molar-refractivity contribution in [2.45, 2.75) is 49.6 Å². The van der Waals surface area contributed by atoms with Crippen molar-refractivity contribution in [1.29, 1.82) is 0 Å². The first-order valence-electron chi connectivity index (χ1n) is 7.82. The molecule has 0 fully saturated rings. The van der Waals surface area contributed by atoms with Crippen LogP contribution in [0.5, 0.6) is 11.9 Å². The summed E-state index contributed by atoms with van der Waals surface area (Å²) in [7, 11) is 0. The Hall–Kier alpha value is -2.23.